The second-order valence-electron chi connectivity index (χ2n) is 4.19. The molecule has 0 saturated heterocycles. The molecule has 0 aromatic heterocycles. The fourth-order valence-electron chi connectivity index (χ4n) is 1.98. The molecule has 0 rings (SSSR count). The lowest BCUT2D eigenvalue weighted by Crippen LogP contribution is -2.35. The van der Waals surface area contributed by atoms with Gasteiger partial charge in [-0.05, 0) is 27.2 Å². The molecule has 0 aromatic rings. The highest BCUT2D eigenvalue weighted by atomic mass is 16.7. The molecule has 2 nitrogen and oxygen atoms in total. The Morgan fingerprint density at radius 2 is 1.44 bits per heavy atom. The Bertz CT molecular complexity index is 140. The maximum atomic E-state index is 5.74. The predicted molar refractivity (Wildman–Crippen MR) is 69.3 cm³/mol. The number of rotatable bonds is 11. The monoisotopic (exact) mass is 229 g/mol. The summed E-state index contributed by atoms with van der Waals surface area (Å²) in [6.07, 6.45) is 8.07. The molecule has 0 atom stereocenters. The van der Waals surface area contributed by atoms with Crippen molar-refractivity contribution in [3.05, 3.63) is 6.92 Å². The van der Waals surface area contributed by atoms with Crippen LogP contribution in [0.25, 0.3) is 0 Å². The third kappa shape index (κ3) is 6.49. The van der Waals surface area contributed by atoms with Crippen LogP contribution in [-0.2, 0) is 9.47 Å². The highest BCUT2D eigenvalue weighted by Gasteiger charge is 2.28. The maximum absolute atomic E-state index is 5.74. The normalized spacial score (nSPS) is 12.0. The SMILES string of the molecule is [CH2]CC(CCCCCCC)(OCC)OCC. The van der Waals surface area contributed by atoms with Crippen LogP contribution in [0.4, 0.5) is 0 Å². The van der Waals surface area contributed by atoms with Crippen molar-refractivity contribution in [2.24, 2.45) is 0 Å². The average Bonchev–Trinajstić information content (AvgIpc) is 2.29. The fourth-order valence-corrected chi connectivity index (χ4v) is 1.98. The van der Waals surface area contributed by atoms with Gasteiger partial charge in [-0.15, -0.1) is 0 Å². The van der Waals surface area contributed by atoms with Gasteiger partial charge in [-0.1, -0.05) is 32.6 Å². The van der Waals surface area contributed by atoms with Crippen molar-refractivity contribution in [1.29, 1.82) is 0 Å². The zero-order chi connectivity index (χ0) is 12.3. The number of unbranched alkanes of at least 4 members (excludes halogenated alkanes) is 4. The van der Waals surface area contributed by atoms with Crippen LogP contribution < -0.4 is 0 Å². The zero-order valence-electron chi connectivity index (χ0n) is 11.4. The van der Waals surface area contributed by atoms with E-state index in [1.54, 1.807) is 0 Å². The summed E-state index contributed by atoms with van der Waals surface area (Å²) < 4.78 is 11.5. The second-order valence-corrected chi connectivity index (χ2v) is 4.19. The van der Waals surface area contributed by atoms with Gasteiger partial charge in [0.2, 0.25) is 0 Å². The molecule has 0 unspecified atom stereocenters. The minimum atomic E-state index is -0.421. The van der Waals surface area contributed by atoms with Crippen molar-refractivity contribution < 1.29 is 9.47 Å². The summed E-state index contributed by atoms with van der Waals surface area (Å²) in [5.74, 6) is -0.421. The van der Waals surface area contributed by atoms with Crippen LogP contribution in [0.3, 0.4) is 0 Å². The van der Waals surface area contributed by atoms with Crippen LogP contribution >= 0.6 is 0 Å². The Balaban J connectivity index is 3.89. The highest BCUT2D eigenvalue weighted by molar-refractivity contribution is 4.71. The van der Waals surface area contributed by atoms with E-state index in [2.05, 4.69) is 13.8 Å². The molecular weight excluding hydrogens is 200 g/mol. The first kappa shape index (κ1) is 15.9. The maximum Gasteiger partial charge on any atom is 0.168 e. The lowest BCUT2D eigenvalue weighted by molar-refractivity contribution is -0.235. The van der Waals surface area contributed by atoms with Gasteiger partial charge in [0, 0.05) is 26.1 Å². The Labute approximate surface area is 102 Å². The van der Waals surface area contributed by atoms with Crippen molar-refractivity contribution in [1.82, 2.24) is 0 Å². The number of hydrogen-bond donors (Lipinski definition) is 0. The summed E-state index contributed by atoms with van der Waals surface area (Å²) in [6, 6.07) is 0. The molecule has 0 amide bonds. The smallest absolute Gasteiger partial charge is 0.168 e. The Morgan fingerprint density at radius 1 is 0.875 bits per heavy atom. The minimum Gasteiger partial charge on any atom is -0.350 e. The quantitative estimate of drug-likeness (QED) is 0.387. The van der Waals surface area contributed by atoms with Crippen LogP contribution in [0.1, 0.15) is 65.7 Å². The molecule has 0 heterocycles. The molecule has 1 radical (unpaired) electrons. The molecule has 0 bridgehead atoms. The van der Waals surface area contributed by atoms with Gasteiger partial charge in [0.1, 0.15) is 0 Å². The molecule has 97 valence electrons. The van der Waals surface area contributed by atoms with E-state index in [1.807, 2.05) is 13.8 Å². The Morgan fingerprint density at radius 3 is 1.88 bits per heavy atom. The lowest BCUT2D eigenvalue weighted by atomic mass is 10.0. The third-order valence-corrected chi connectivity index (χ3v) is 2.86. The van der Waals surface area contributed by atoms with Crippen LogP contribution in [0.15, 0.2) is 0 Å². The van der Waals surface area contributed by atoms with Crippen molar-refractivity contribution in [2.75, 3.05) is 13.2 Å². The molecule has 0 spiro atoms. The summed E-state index contributed by atoms with van der Waals surface area (Å²) in [5.41, 5.74) is 0. The molecule has 0 fully saturated rings. The molecule has 0 aromatic carbocycles. The zero-order valence-corrected chi connectivity index (χ0v) is 11.4. The molecule has 0 aliphatic carbocycles. The first-order valence-corrected chi connectivity index (χ1v) is 6.81. The molecule has 16 heavy (non-hydrogen) atoms. The number of ether oxygens (including phenoxy) is 2. The van der Waals surface area contributed by atoms with E-state index in [4.69, 9.17) is 9.47 Å². The van der Waals surface area contributed by atoms with Crippen molar-refractivity contribution in [3.8, 4) is 0 Å². The highest BCUT2D eigenvalue weighted by Crippen LogP contribution is 2.25. The standard InChI is InChI=1S/C14H29O2/c1-5-9-10-11-12-13-14(6-2,15-7-3)16-8-4/h2,5-13H2,1,3-4H3. The molecule has 2 heteroatoms. The van der Waals surface area contributed by atoms with E-state index in [-0.39, 0.29) is 0 Å². The van der Waals surface area contributed by atoms with Gasteiger partial charge >= 0.3 is 0 Å². The van der Waals surface area contributed by atoms with Gasteiger partial charge in [-0.25, -0.2) is 0 Å². The van der Waals surface area contributed by atoms with E-state index in [9.17, 15) is 0 Å². The van der Waals surface area contributed by atoms with Crippen molar-refractivity contribution >= 4 is 0 Å². The lowest BCUT2D eigenvalue weighted by Gasteiger charge is -2.32. The van der Waals surface area contributed by atoms with E-state index in [1.165, 1.54) is 32.1 Å². The summed E-state index contributed by atoms with van der Waals surface area (Å²) in [7, 11) is 0. The topological polar surface area (TPSA) is 18.5 Å². The van der Waals surface area contributed by atoms with Gasteiger partial charge in [0.25, 0.3) is 0 Å². The predicted octanol–water partition coefficient (Wildman–Crippen LogP) is 4.34. The van der Waals surface area contributed by atoms with Crippen molar-refractivity contribution in [2.45, 2.75) is 71.5 Å². The molecular formula is C14H29O2. The van der Waals surface area contributed by atoms with Gasteiger partial charge in [-0.2, -0.15) is 0 Å². The van der Waals surface area contributed by atoms with Gasteiger partial charge in [0.15, 0.2) is 5.79 Å². The summed E-state index contributed by atoms with van der Waals surface area (Å²) in [4.78, 5) is 0. The van der Waals surface area contributed by atoms with Crippen molar-refractivity contribution in [3.63, 3.8) is 0 Å². The molecule has 0 saturated carbocycles. The molecule has 0 aliphatic heterocycles. The summed E-state index contributed by atoms with van der Waals surface area (Å²) >= 11 is 0. The third-order valence-electron chi connectivity index (χ3n) is 2.86. The van der Waals surface area contributed by atoms with Crippen LogP contribution in [-0.4, -0.2) is 19.0 Å². The van der Waals surface area contributed by atoms with Gasteiger partial charge < -0.3 is 9.47 Å². The van der Waals surface area contributed by atoms with Crippen LogP contribution in [0, 0.1) is 6.92 Å². The van der Waals surface area contributed by atoms with Crippen LogP contribution in [0.5, 0.6) is 0 Å². The van der Waals surface area contributed by atoms with E-state index >= 15 is 0 Å². The first-order chi connectivity index (χ1) is 7.74. The van der Waals surface area contributed by atoms with E-state index < -0.39 is 5.79 Å². The first-order valence-electron chi connectivity index (χ1n) is 6.81. The largest absolute Gasteiger partial charge is 0.350 e. The molecule has 0 N–H and O–H groups in total. The summed E-state index contributed by atoms with van der Waals surface area (Å²) in [6.45, 7) is 11.6. The Hall–Kier alpha value is -0.0800. The number of hydrogen-bond acceptors (Lipinski definition) is 2. The van der Waals surface area contributed by atoms with Crippen LogP contribution in [0.2, 0.25) is 0 Å². The second kappa shape index (κ2) is 10.1. The average molecular weight is 229 g/mol. The van der Waals surface area contributed by atoms with Gasteiger partial charge in [-0.3, -0.25) is 0 Å². The Kier molecular flexibility index (Phi) is 10.0. The molecule has 0 aliphatic rings. The van der Waals surface area contributed by atoms with E-state index in [0.29, 0.717) is 19.6 Å². The van der Waals surface area contributed by atoms with E-state index in [0.717, 1.165) is 6.42 Å². The minimum absolute atomic E-state index is 0.421. The summed E-state index contributed by atoms with van der Waals surface area (Å²) in [5, 5.41) is 0. The fraction of sp³-hybridized carbons (Fsp3) is 0.929. The van der Waals surface area contributed by atoms with Gasteiger partial charge in [0.05, 0.1) is 0 Å².